The molecule has 0 unspecified atom stereocenters. The molecule has 0 saturated heterocycles. The number of amides is 1. The fourth-order valence-corrected chi connectivity index (χ4v) is 2.07. The molecule has 0 saturated carbocycles. The zero-order valence-electron chi connectivity index (χ0n) is 12.4. The predicted molar refractivity (Wildman–Crippen MR) is 87.3 cm³/mol. The summed E-state index contributed by atoms with van der Waals surface area (Å²) in [6.07, 6.45) is 1.32. The third kappa shape index (κ3) is 3.16. The normalized spacial score (nSPS) is 10.3. The van der Waals surface area contributed by atoms with E-state index in [0.29, 0.717) is 23.0 Å². The van der Waals surface area contributed by atoms with Crippen molar-refractivity contribution in [3.8, 4) is 17.2 Å². The first kappa shape index (κ1) is 14.6. The highest BCUT2D eigenvalue weighted by Crippen LogP contribution is 2.24. The Labute approximate surface area is 132 Å². The van der Waals surface area contributed by atoms with Gasteiger partial charge in [-0.3, -0.25) is 4.79 Å². The number of nitrogens with two attached hydrogens (primary N) is 1. The second-order valence-corrected chi connectivity index (χ2v) is 4.81. The lowest BCUT2D eigenvalue weighted by Crippen LogP contribution is -2.13. The monoisotopic (exact) mass is 309 g/mol. The van der Waals surface area contributed by atoms with E-state index in [4.69, 9.17) is 14.9 Å². The molecule has 6 heteroatoms. The number of nitrogen functional groups attached to an aromatic ring is 1. The van der Waals surface area contributed by atoms with Gasteiger partial charge in [-0.1, -0.05) is 12.1 Å². The van der Waals surface area contributed by atoms with Crippen LogP contribution in [0.2, 0.25) is 0 Å². The molecule has 0 radical (unpaired) electrons. The van der Waals surface area contributed by atoms with Crippen molar-refractivity contribution in [2.45, 2.75) is 0 Å². The third-order valence-corrected chi connectivity index (χ3v) is 3.25. The van der Waals surface area contributed by atoms with Crippen LogP contribution in [-0.4, -0.2) is 18.0 Å². The molecule has 3 N–H and O–H groups in total. The zero-order valence-corrected chi connectivity index (χ0v) is 12.4. The first-order valence-electron chi connectivity index (χ1n) is 6.93. The lowest BCUT2D eigenvalue weighted by atomic mass is 10.2. The summed E-state index contributed by atoms with van der Waals surface area (Å²) < 4.78 is 10.6. The molecule has 0 atom stereocenters. The van der Waals surface area contributed by atoms with E-state index in [2.05, 4.69) is 10.3 Å². The Bertz CT molecular complexity index is 825. The van der Waals surface area contributed by atoms with Gasteiger partial charge in [-0.15, -0.1) is 0 Å². The Balaban J connectivity index is 1.80. The quantitative estimate of drug-likeness (QED) is 0.722. The highest BCUT2D eigenvalue weighted by atomic mass is 16.5. The maximum absolute atomic E-state index is 12.3. The van der Waals surface area contributed by atoms with Crippen molar-refractivity contribution in [3.63, 3.8) is 0 Å². The number of para-hydroxylation sites is 2. The highest BCUT2D eigenvalue weighted by molar-refractivity contribution is 6.03. The average Bonchev–Trinajstić information content (AvgIpc) is 3.06. The summed E-state index contributed by atoms with van der Waals surface area (Å²) in [7, 11) is 1.54. The molecule has 23 heavy (non-hydrogen) atoms. The Morgan fingerprint density at radius 2 is 1.91 bits per heavy atom. The summed E-state index contributed by atoms with van der Waals surface area (Å²) in [4.78, 5) is 16.5. The molecule has 2 aromatic carbocycles. The smallest absolute Gasteiger partial charge is 0.277 e. The number of carbonyl (C=O) groups is 1. The Morgan fingerprint density at radius 3 is 2.65 bits per heavy atom. The second kappa shape index (κ2) is 6.23. The van der Waals surface area contributed by atoms with Crippen LogP contribution in [0.1, 0.15) is 10.5 Å². The number of oxazole rings is 1. The lowest BCUT2D eigenvalue weighted by molar-refractivity contribution is 0.102. The fraction of sp³-hybridized carbons (Fsp3) is 0.0588. The van der Waals surface area contributed by atoms with Gasteiger partial charge in [-0.05, 0) is 36.4 Å². The number of ether oxygens (including phenoxy) is 1. The molecule has 0 spiro atoms. The molecule has 0 aliphatic rings. The van der Waals surface area contributed by atoms with E-state index in [1.807, 2.05) is 6.07 Å². The molecule has 3 aromatic rings. The van der Waals surface area contributed by atoms with E-state index in [9.17, 15) is 4.79 Å². The van der Waals surface area contributed by atoms with Crippen molar-refractivity contribution in [3.05, 3.63) is 60.5 Å². The van der Waals surface area contributed by atoms with Gasteiger partial charge in [0.05, 0.1) is 12.8 Å². The molecule has 116 valence electrons. The summed E-state index contributed by atoms with van der Waals surface area (Å²) in [5.41, 5.74) is 7.79. The number of nitrogens with zero attached hydrogens (tertiary/aromatic N) is 1. The Kier molecular flexibility index (Phi) is 3.97. The summed E-state index contributed by atoms with van der Waals surface area (Å²) in [6.45, 7) is 0. The number of hydrogen-bond acceptors (Lipinski definition) is 5. The van der Waals surface area contributed by atoms with Gasteiger partial charge in [0.15, 0.2) is 5.69 Å². The van der Waals surface area contributed by atoms with Gasteiger partial charge >= 0.3 is 0 Å². The maximum atomic E-state index is 12.3. The highest BCUT2D eigenvalue weighted by Gasteiger charge is 2.15. The van der Waals surface area contributed by atoms with Crippen LogP contribution in [0.3, 0.4) is 0 Å². The minimum Gasteiger partial charge on any atom is -0.495 e. The van der Waals surface area contributed by atoms with Crippen molar-refractivity contribution in [1.29, 1.82) is 0 Å². The summed E-state index contributed by atoms with van der Waals surface area (Å²) in [5.74, 6) is 0.554. The molecule has 6 nitrogen and oxygen atoms in total. The standard InChI is InChI=1S/C17H15N3O3/c1-22-15-5-3-2-4-13(15)19-16(21)14-10-23-17(20-14)11-6-8-12(18)9-7-11/h2-10H,18H2,1H3,(H,19,21). The van der Waals surface area contributed by atoms with Crippen molar-refractivity contribution in [2.24, 2.45) is 0 Å². The lowest BCUT2D eigenvalue weighted by Gasteiger charge is -2.08. The summed E-state index contributed by atoms with van der Waals surface area (Å²) in [6, 6.07) is 14.2. The van der Waals surface area contributed by atoms with Crippen LogP contribution in [-0.2, 0) is 0 Å². The SMILES string of the molecule is COc1ccccc1NC(=O)c1coc(-c2ccc(N)cc2)n1. The van der Waals surface area contributed by atoms with Gasteiger partial charge < -0.3 is 20.2 Å². The number of hydrogen-bond donors (Lipinski definition) is 2. The van der Waals surface area contributed by atoms with Crippen LogP contribution in [0.4, 0.5) is 11.4 Å². The van der Waals surface area contributed by atoms with Crippen molar-refractivity contribution in [1.82, 2.24) is 4.98 Å². The van der Waals surface area contributed by atoms with Gasteiger partial charge in [0, 0.05) is 11.3 Å². The number of rotatable bonds is 4. The molecule has 0 aliphatic heterocycles. The van der Waals surface area contributed by atoms with E-state index in [0.717, 1.165) is 5.56 Å². The van der Waals surface area contributed by atoms with Crippen LogP contribution < -0.4 is 15.8 Å². The number of carbonyl (C=O) groups excluding carboxylic acids is 1. The maximum Gasteiger partial charge on any atom is 0.277 e. The first-order valence-corrected chi connectivity index (χ1v) is 6.93. The van der Waals surface area contributed by atoms with E-state index >= 15 is 0 Å². The molecule has 0 bridgehead atoms. The van der Waals surface area contributed by atoms with Gasteiger partial charge in [-0.2, -0.15) is 0 Å². The first-order chi connectivity index (χ1) is 11.2. The third-order valence-electron chi connectivity index (χ3n) is 3.25. The molecule has 1 heterocycles. The van der Waals surface area contributed by atoms with Crippen LogP contribution in [0.15, 0.2) is 59.2 Å². The molecular formula is C17H15N3O3. The number of anilines is 2. The predicted octanol–water partition coefficient (Wildman–Crippen LogP) is 3.18. The zero-order chi connectivity index (χ0) is 16.2. The van der Waals surface area contributed by atoms with Crippen molar-refractivity contribution < 1.29 is 13.9 Å². The number of methoxy groups -OCH3 is 1. The minimum absolute atomic E-state index is 0.183. The van der Waals surface area contributed by atoms with Crippen LogP contribution in [0.25, 0.3) is 11.5 Å². The van der Waals surface area contributed by atoms with Crippen LogP contribution in [0, 0.1) is 0 Å². The molecule has 0 fully saturated rings. The van der Waals surface area contributed by atoms with Gasteiger partial charge in [0.25, 0.3) is 5.91 Å². The van der Waals surface area contributed by atoms with Gasteiger partial charge in [-0.25, -0.2) is 4.98 Å². The van der Waals surface area contributed by atoms with Crippen LogP contribution in [0.5, 0.6) is 5.75 Å². The average molecular weight is 309 g/mol. The minimum atomic E-state index is -0.375. The number of aromatic nitrogens is 1. The summed E-state index contributed by atoms with van der Waals surface area (Å²) in [5, 5.41) is 2.75. The molecular weight excluding hydrogens is 294 g/mol. The van der Waals surface area contributed by atoms with E-state index in [1.54, 1.807) is 49.6 Å². The second-order valence-electron chi connectivity index (χ2n) is 4.81. The van der Waals surface area contributed by atoms with Gasteiger partial charge in [0.1, 0.15) is 12.0 Å². The topological polar surface area (TPSA) is 90.4 Å². The Morgan fingerprint density at radius 1 is 1.17 bits per heavy atom. The Hall–Kier alpha value is -3.28. The van der Waals surface area contributed by atoms with Crippen molar-refractivity contribution in [2.75, 3.05) is 18.2 Å². The van der Waals surface area contributed by atoms with E-state index < -0.39 is 0 Å². The molecule has 1 amide bonds. The molecule has 0 aliphatic carbocycles. The molecule has 1 aromatic heterocycles. The van der Waals surface area contributed by atoms with E-state index in [1.165, 1.54) is 6.26 Å². The largest absolute Gasteiger partial charge is 0.495 e. The number of benzene rings is 2. The van der Waals surface area contributed by atoms with Crippen molar-refractivity contribution >= 4 is 17.3 Å². The van der Waals surface area contributed by atoms with Crippen LogP contribution >= 0.6 is 0 Å². The fourth-order valence-electron chi connectivity index (χ4n) is 2.07. The van der Waals surface area contributed by atoms with Gasteiger partial charge in [0.2, 0.25) is 5.89 Å². The summed E-state index contributed by atoms with van der Waals surface area (Å²) >= 11 is 0. The molecule has 3 rings (SSSR count). The number of nitrogens with one attached hydrogen (secondary N) is 1. The van der Waals surface area contributed by atoms with E-state index in [-0.39, 0.29) is 11.6 Å².